The van der Waals surface area contributed by atoms with E-state index in [1.54, 1.807) is 0 Å². The Balaban J connectivity index is 4.23. The van der Waals surface area contributed by atoms with Crippen LogP contribution in [0.25, 0.3) is 0 Å². The zero-order valence-electron chi connectivity index (χ0n) is 11.7. The number of amides is 1. The van der Waals surface area contributed by atoms with Crippen LogP contribution in [0.1, 0.15) is 20.3 Å². The van der Waals surface area contributed by atoms with E-state index in [2.05, 4.69) is 10.7 Å². The Labute approximate surface area is 114 Å². The van der Waals surface area contributed by atoms with E-state index in [1.807, 2.05) is 13.8 Å². The van der Waals surface area contributed by atoms with E-state index < -0.39 is 12.1 Å². The standard InChI is InChI=1S/C13H21NO5/c1-5-7-18-8-9-19-13(16)14(11(3)6-2)10-12(15)17-4/h1,11H,6-10H2,2-4H3. The second-order valence-electron chi connectivity index (χ2n) is 3.83. The minimum atomic E-state index is -0.566. The van der Waals surface area contributed by atoms with Gasteiger partial charge in [-0.1, -0.05) is 12.8 Å². The van der Waals surface area contributed by atoms with Crippen molar-refractivity contribution in [3.8, 4) is 12.3 Å². The maximum absolute atomic E-state index is 11.8. The highest BCUT2D eigenvalue weighted by Gasteiger charge is 2.23. The topological polar surface area (TPSA) is 65.1 Å². The molecule has 0 N–H and O–H groups in total. The molecular formula is C13H21NO5. The third kappa shape index (κ3) is 7.32. The van der Waals surface area contributed by atoms with Crippen molar-refractivity contribution in [2.75, 3.05) is 33.5 Å². The van der Waals surface area contributed by atoms with Gasteiger partial charge >= 0.3 is 12.1 Å². The lowest BCUT2D eigenvalue weighted by Gasteiger charge is -2.26. The molecule has 1 amide bonds. The Bertz CT molecular complexity index is 323. The lowest BCUT2D eigenvalue weighted by molar-refractivity contribution is -0.142. The summed E-state index contributed by atoms with van der Waals surface area (Å²) in [5.41, 5.74) is 0. The summed E-state index contributed by atoms with van der Waals surface area (Å²) in [4.78, 5) is 24.4. The van der Waals surface area contributed by atoms with E-state index in [4.69, 9.17) is 15.9 Å². The molecular weight excluding hydrogens is 250 g/mol. The van der Waals surface area contributed by atoms with Gasteiger partial charge in [-0.25, -0.2) is 4.79 Å². The lowest BCUT2D eigenvalue weighted by Crippen LogP contribution is -2.42. The summed E-state index contributed by atoms with van der Waals surface area (Å²) < 4.78 is 14.5. The molecule has 0 rings (SSSR count). The third-order valence-corrected chi connectivity index (χ3v) is 2.52. The van der Waals surface area contributed by atoms with Crippen LogP contribution in [0.15, 0.2) is 0 Å². The molecule has 0 aromatic rings. The molecule has 1 atom stereocenters. The Hall–Kier alpha value is -1.74. The number of esters is 1. The minimum Gasteiger partial charge on any atom is -0.468 e. The highest BCUT2D eigenvalue weighted by molar-refractivity contribution is 5.78. The van der Waals surface area contributed by atoms with Gasteiger partial charge in [-0.3, -0.25) is 9.69 Å². The molecule has 0 aliphatic rings. The van der Waals surface area contributed by atoms with Crippen LogP contribution < -0.4 is 0 Å². The molecule has 19 heavy (non-hydrogen) atoms. The van der Waals surface area contributed by atoms with E-state index in [0.29, 0.717) is 6.42 Å². The van der Waals surface area contributed by atoms with Crippen LogP contribution in [-0.2, 0) is 19.0 Å². The average molecular weight is 271 g/mol. The molecule has 0 aromatic heterocycles. The number of hydrogen-bond acceptors (Lipinski definition) is 5. The molecule has 0 radical (unpaired) electrons. The van der Waals surface area contributed by atoms with Gasteiger partial charge < -0.3 is 14.2 Å². The second-order valence-corrected chi connectivity index (χ2v) is 3.83. The van der Waals surface area contributed by atoms with Crippen LogP contribution in [0, 0.1) is 12.3 Å². The Morgan fingerprint density at radius 1 is 1.37 bits per heavy atom. The zero-order valence-corrected chi connectivity index (χ0v) is 11.7. The van der Waals surface area contributed by atoms with E-state index in [9.17, 15) is 9.59 Å². The van der Waals surface area contributed by atoms with Gasteiger partial charge in [-0.2, -0.15) is 0 Å². The molecule has 0 fully saturated rings. The summed E-state index contributed by atoms with van der Waals surface area (Å²) in [6.07, 6.45) is 5.15. The third-order valence-electron chi connectivity index (χ3n) is 2.52. The minimum absolute atomic E-state index is 0.0919. The fourth-order valence-corrected chi connectivity index (χ4v) is 1.23. The van der Waals surface area contributed by atoms with Gasteiger partial charge in [-0.15, -0.1) is 6.42 Å². The van der Waals surface area contributed by atoms with Gasteiger partial charge in [-0.05, 0) is 13.3 Å². The summed E-state index contributed by atoms with van der Waals surface area (Å²) in [6, 6.07) is -0.113. The van der Waals surface area contributed by atoms with Crippen LogP contribution >= 0.6 is 0 Å². The normalized spacial score (nSPS) is 11.3. The van der Waals surface area contributed by atoms with Crippen LogP contribution in [0.5, 0.6) is 0 Å². The number of carbonyl (C=O) groups excluding carboxylic acids is 2. The smallest absolute Gasteiger partial charge is 0.410 e. The van der Waals surface area contributed by atoms with E-state index in [0.717, 1.165) is 0 Å². The van der Waals surface area contributed by atoms with Gasteiger partial charge in [0.25, 0.3) is 0 Å². The van der Waals surface area contributed by atoms with Crippen molar-refractivity contribution in [2.45, 2.75) is 26.3 Å². The fourth-order valence-electron chi connectivity index (χ4n) is 1.23. The SMILES string of the molecule is C#CCOCCOC(=O)N(CC(=O)OC)C(C)CC. The van der Waals surface area contributed by atoms with Crippen LogP contribution in [0.3, 0.4) is 0 Å². The van der Waals surface area contributed by atoms with Crippen LogP contribution in [0.4, 0.5) is 4.79 Å². The number of methoxy groups -OCH3 is 1. The molecule has 0 heterocycles. The van der Waals surface area contributed by atoms with Gasteiger partial charge in [0.1, 0.15) is 19.8 Å². The summed E-state index contributed by atoms with van der Waals surface area (Å²) in [5, 5.41) is 0. The number of rotatable bonds is 8. The summed E-state index contributed by atoms with van der Waals surface area (Å²) in [5.74, 6) is 1.82. The Morgan fingerprint density at radius 2 is 2.05 bits per heavy atom. The quantitative estimate of drug-likeness (QED) is 0.375. The van der Waals surface area contributed by atoms with Crippen molar-refractivity contribution < 1.29 is 23.8 Å². The summed E-state index contributed by atoms with van der Waals surface area (Å²) in [7, 11) is 1.27. The first-order chi connectivity index (χ1) is 9.06. The van der Waals surface area contributed by atoms with Gasteiger partial charge in [0.15, 0.2) is 0 Å². The average Bonchev–Trinajstić information content (AvgIpc) is 2.43. The molecule has 6 nitrogen and oxygen atoms in total. The maximum Gasteiger partial charge on any atom is 0.410 e. The molecule has 0 saturated heterocycles. The fraction of sp³-hybridized carbons (Fsp3) is 0.692. The summed E-state index contributed by atoms with van der Waals surface area (Å²) >= 11 is 0. The molecule has 0 bridgehead atoms. The van der Waals surface area contributed by atoms with Gasteiger partial charge in [0.05, 0.1) is 13.7 Å². The molecule has 1 unspecified atom stereocenters. The predicted molar refractivity (Wildman–Crippen MR) is 69.5 cm³/mol. The van der Waals surface area contributed by atoms with Crippen LogP contribution in [-0.4, -0.2) is 56.5 Å². The second kappa shape index (κ2) is 10.2. The lowest BCUT2D eigenvalue weighted by atomic mass is 10.2. The van der Waals surface area contributed by atoms with Crippen LogP contribution in [0.2, 0.25) is 0 Å². The number of carbonyl (C=O) groups is 2. The maximum atomic E-state index is 11.8. The molecule has 0 aliphatic heterocycles. The van der Waals surface area contributed by atoms with E-state index in [-0.39, 0.29) is 32.4 Å². The Kier molecular flexibility index (Phi) is 9.27. The predicted octanol–water partition coefficient (Wildman–Crippen LogP) is 1.05. The number of hydrogen-bond donors (Lipinski definition) is 0. The first-order valence-corrected chi connectivity index (χ1v) is 6.08. The van der Waals surface area contributed by atoms with Crippen molar-refractivity contribution >= 4 is 12.1 Å². The van der Waals surface area contributed by atoms with E-state index >= 15 is 0 Å². The number of ether oxygens (including phenoxy) is 3. The van der Waals surface area contributed by atoms with Crippen molar-refractivity contribution in [3.05, 3.63) is 0 Å². The van der Waals surface area contributed by atoms with Gasteiger partial charge in [0.2, 0.25) is 0 Å². The van der Waals surface area contributed by atoms with Crippen molar-refractivity contribution in [1.82, 2.24) is 4.90 Å². The largest absolute Gasteiger partial charge is 0.468 e. The van der Waals surface area contributed by atoms with Crippen molar-refractivity contribution in [1.29, 1.82) is 0 Å². The monoisotopic (exact) mass is 271 g/mol. The number of terminal acetylenes is 1. The van der Waals surface area contributed by atoms with Crippen molar-refractivity contribution in [3.63, 3.8) is 0 Å². The molecule has 0 aromatic carbocycles. The van der Waals surface area contributed by atoms with Crippen molar-refractivity contribution in [2.24, 2.45) is 0 Å². The zero-order chi connectivity index (χ0) is 14.7. The highest BCUT2D eigenvalue weighted by Crippen LogP contribution is 2.06. The molecule has 6 heteroatoms. The molecule has 0 aliphatic carbocycles. The molecule has 0 spiro atoms. The molecule has 108 valence electrons. The highest BCUT2D eigenvalue weighted by atomic mass is 16.6. The van der Waals surface area contributed by atoms with Gasteiger partial charge in [0, 0.05) is 6.04 Å². The summed E-state index contributed by atoms with van der Waals surface area (Å²) in [6.45, 7) is 4.11. The Morgan fingerprint density at radius 3 is 2.58 bits per heavy atom. The first kappa shape index (κ1) is 17.3. The van der Waals surface area contributed by atoms with E-state index in [1.165, 1.54) is 12.0 Å². The molecule has 0 saturated carbocycles. The first-order valence-electron chi connectivity index (χ1n) is 6.08. The number of nitrogens with zero attached hydrogens (tertiary/aromatic N) is 1.